The van der Waals surface area contributed by atoms with E-state index in [1.165, 1.54) is 17.9 Å². The van der Waals surface area contributed by atoms with Crippen LogP contribution in [0.1, 0.15) is 29.7 Å². The van der Waals surface area contributed by atoms with Crippen molar-refractivity contribution in [3.8, 4) is 0 Å². The molecule has 0 spiro atoms. The average Bonchev–Trinajstić information content (AvgIpc) is 2.53. The van der Waals surface area contributed by atoms with Crippen molar-refractivity contribution in [3.05, 3.63) is 71.3 Å². The van der Waals surface area contributed by atoms with E-state index in [4.69, 9.17) is 0 Å². The van der Waals surface area contributed by atoms with Crippen LogP contribution in [0.4, 0.5) is 0 Å². The molecule has 2 aromatic carbocycles. The lowest BCUT2D eigenvalue weighted by Crippen LogP contribution is -2.24. The molecule has 1 amide bonds. The van der Waals surface area contributed by atoms with Gasteiger partial charge in [0, 0.05) is 12.3 Å². The maximum atomic E-state index is 12.0. The molecule has 0 saturated heterocycles. The second-order valence-corrected chi connectivity index (χ2v) is 7.83. The largest absolute Gasteiger partial charge is 0.346 e. The third kappa shape index (κ3) is 5.06. The highest BCUT2D eigenvalue weighted by atomic mass is 32.2. The molecule has 24 heavy (non-hydrogen) atoms. The van der Waals surface area contributed by atoms with Gasteiger partial charge in [-0.25, -0.2) is 8.42 Å². The molecule has 0 unspecified atom stereocenters. The van der Waals surface area contributed by atoms with Gasteiger partial charge in [0.1, 0.15) is 0 Å². The molecule has 126 valence electrons. The number of carbonyl (C=O) groups is 1. The molecule has 1 atom stereocenters. The topological polar surface area (TPSA) is 63.2 Å². The Balaban J connectivity index is 1.99. The molecule has 4 nitrogen and oxygen atoms in total. The molecule has 0 heterocycles. The minimum absolute atomic E-state index is 0.199. The van der Waals surface area contributed by atoms with Crippen LogP contribution in [0.3, 0.4) is 0 Å². The van der Waals surface area contributed by atoms with Gasteiger partial charge in [0.25, 0.3) is 0 Å². The maximum absolute atomic E-state index is 12.0. The molecule has 0 aliphatic heterocycles. The molecule has 0 aliphatic rings. The molecule has 0 saturated carbocycles. The predicted molar refractivity (Wildman–Crippen MR) is 96.3 cm³/mol. The summed E-state index contributed by atoms with van der Waals surface area (Å²) < 4.78 is 22.9. The molecule has 5 heteroatoms. The lowest BCUT2D eigenvalue weighted by molar-refractivity contribution is -0.117. The van der Waals surface area contributed by atoms with Crippen LogP contribution < -0.4 is 5.32 Å². The van der Waals surface area contributed by atoms with Crippen LogP contribution in [0.25, 0.3) is 6.08 Å². The van der Waals surface area contributed by atoms with Crippen molar-refractivity contribution in [1.29, 1.82) is 0 Å². The molecule has 0 aromatic heterocycles. The fourth-order valence-electron chi connectivity index (χ4n) is 2.20. The highest BCUT2D eigenvalue weighted by Gasteiger charge is 2.10. The quantitative estimate of drug-likeness (QED) is 0.847. The van der Waals surface area contributed by atoms with Gasteiger partial charge in [-0.15, -0.1) is 0 Å². The van der Waals surface area contributed by atoms with E-state index in [1.807, 2.05) is 38.1 Å². The number of benzene rings is 2. The van der Waals surface area contributed by atoms with Crippen LogP contribution in [-0.2, 0) is 14.6 Å². The van der Waals surface area contributed by atoms with Gasteiger partial charge in [0.05, 0.1) is 10.9 Å². The number of rotatable bonds is 5. The first kappa shape index (κ1) is 17.9. The Morgan fingerprint density at radius 1 is 1.04 bits per heavy atom. The van der Waals surface area contributed by atoms with Gasteiger partial charge in [-0.1, -0.05) is 42.0 Å². The summed E-state index contributed by atoms with van der Waals surface area (Å²) in [6, 6.07) is 14.2. The van der Waals surface area contributed by atoms with Crippen molar-refractivity contribution in [2.24, 2.45) is 0 Å². The van der Waals surface area contributed by atoms with Crippen LogP contribution in [0, 0.1) is 6.92 Å². The zero-order chi connectivity index (χ0) is 17.7. The molecule has 1 N–H and O–H groups in total. The first-order chi connectivity index (χ1) is 11.3. The van der Waals surface area contributed by atoms with Gasteiger partial charge in [-0.05, 0) is 43.2 Å². The molecule has 0 fully saturated rings. The third-order valence-electron chi connectivity index (χ3n) is 3.67. The van der Waals surface area contributed by atoms with Crippen LogP contribution in [0.5, 0.6) is 0 Å². The summed E-state index contributed by atoms with van der Waals surface area (Å²) in [5.41, 5.74) is 2.98. The summed E-state index contributed by atoms with van der Waals surface area (Å²) in [7, 11) is -3.21. The van der Waals surface area contributed by atoms with Gasteiger partial charge in [0.2, 0.25) is 5.91 Å². The number of hydrogen-bond acceptors (Lipinski definition) is 3. The molecule has 0 aliphatic carbocycles. The Kier molecular flexibility index (Phi) is 5.57. The Morgan fingerprint density at radius 2 is 1.62 bits per heavy atom. The number of carbonyl (C=O) groups excluding carboxylic acids is 1. The molecule has 2 rings (SSSR count). The van der Waals surface area contributed by atoms with Crippen molar-refractivity contribution in [2.75, 3.05) is 6.26 Å². The Hall–Kier alpha value is -2.40. The first-order valence-corrected chi connectivity index (χ1v) is 9.50. The lowest BCUT2D eigenvalue weighted by Gasteiger charge is -2.13. The summed E-state index contributed by atoms with van der Waals surface area (Å²) in [4.78, 5) is 12.3. The van der Waals surface area contributed by atoms with Gasteiger partial charge in [-0.3, -0.25) is 4.79 Å². The summed E-state index contributed by atoms with van der Waals surface area (Å²) in [6.45, 7) is 3.87. The van der Waals surface area contributed by atoms with Crippen LogP contribution in [0.2, 0.25) is 0 Å². The van der Waals surface area contributed by atoms with E-state index in [9.17, 15) is 13.2 Å². The number of sulfone groups is 1. The van der Waals surface area contributed by atoms with E-state index in [-0.39, 0.29) is 16.8 Å². The van der Waals surface area contributed by atoms with Gasteiger partial charge in [-0.2, -0.15) is 0 Å². The maximum Gasteiger partial charge on any atom is 0.244 e. The normalized spacial score (nSPS) is 13.0. The molecule has 0 bridgehead atoms. The second-order valence-electron chi connectivity index (χ2n) is 5.82. The predicted octanol–water partition coefficient (Wildman–Crippen LogP) is 3.29. The van der Waals surface area contributed by atoms with E-state index in [1.54, 1.807) is 30.3 Å². The van der Waals surface area contributed by atoms with Crippen molar-refractivity contribution >= 4 is 21.8 Å². The van der Waals surface area contributed by atoms with E-state index >= 15 is 0 Å². The van der Waals surface area contributed by atoms with Gasteiger partial charge < -0.3 is 5.32 Å². The zero-order valence-corrected chi connectivity index (χ0v) is 14.8. The average molecular weight is 343 g/mol. The van der Waals surface area contributed by atoms with Crippen molar-refractivity contribution in [2.45, 2.75) is 24.8 Å². The summed E-state index contributed by atoms with van der Waals surface area (Å²) in [5, 5.41) is 2.86. The SMILES string of the molecule is Cc1ccc(/C=C/C(=O)N[C@@H](C)c2ccc(S(C)(=O)=O)cc2)cc1. The van der Waals surface area contributed by atoms with Crippen LogP contribution in [0.15, 0.2) is 59.5 Å². The second kappa shape index (κ2) is 7.45. The van der Waals surface area contributed by atoms with Crippen LogP contribution in [-0.4, -0.2) is 20.6 Å². The number of hydrogen-bond donors (Lipinski definition) is 1. The van der Waals surface area contributed by atoms with E-state index < -0.39 is 9.84 Å². The molecular formula is C19H21NO3S. The van der Waals surface area contributed by atoms with Crippen molar-refractivity contribution < 1.29 is 13.2 Å². The summed E-state index contributed by atoms with van der Waals surface area (Å²) in [6.07, 6.45) is 4.42. The Morgan fingerprint density at radius 3 is 2.17 bits per heavy atom. The van der Waals surface area contributed by atoms with E-state index in [0.29, 0.717) is 0 Å². The van der Waals surface area contributed by atoms with Crippen molar-refractivity contribution in [1.82, 2.24) is 5.32 Å². The summed E-state index contributed by atoms with van der Waals surface area (Å²) in [5.74, 6) is -0.199. The standard InChI is InChI=1S/C19H21NO3S/c1-14-4-6-16(7-5-14)8-13-19(21)20-15(2)17-9-11-18(12-10-17)24(3,22)23/h4-13,15H,1-3H3,(H,20,21)/b13-8+/t15-/m0/s1. The third-order valence-corrected chi connectivity index (χ3v) is 4.80. The number of amides is 1. The Labute approximate surface area is 143 Å². The number of aryl methyl sites for hydroxylation is 1. The minimum atomic E-state index is -3.21. The van der Waals surface area contributed by atoms with Crippen molar-refractivity contribution in [3.63, 3.8) is 0 Å². The smallest absolute Gasteiger partial charge is 0.244 e. The van der Waals surface area contributed by atoms with E-state index in [2.05, 4.69) is 5.32 Å². The van der Waals surface area contributed by atoms with Crippen LogP contribution >= 0.6 is 0 Å². The summed E-state index contributed by atoms with van der Waals surface area (Å²) >= 11 is 0. The van der Waals surface area contributed by atoms with Gasteiger partial charge in [0.15, 0.2) is 9.84 Å². The number of nitrogens with one attached hydrogen (secondary N) is 1. The first-order valence-electron chi connectivity index (χ1n) is 7.61. The minimum Gasteiger partial charge on any atom is -0.346 e. The fraction of sp³-hybridized carbons (Fsp3) is 0.211. The highest BCUT2D eigenvalue weighted by molar-refractivity contribution is 7.90. The molecular weight excluding hydrogens is 322 g/mol. The monoisotopic (exact) mass is 343 g/mol. The molecule has 0 radical (unpaired) electrons. The highest BCUT2D eigenvalue weighted by Crippen LogP contribution is 2.16. The van der Waals surface area contributed by atoms with Gasteiger partial charge >= 0.3 is 0 Å². The fourth-order valence-corrected chi connectivity index (χ4v) is 2.83. The Bertz CT molecular complexity index is 835. The lowest BCUT2D eigenvalue weighted by atomic mass is 10.1. The van der Waals surface area contributed by atoms with E-state index in [0.717, 1.165) is 11.1 Å². The molecule has 2 aromatic rings. The zero-order valence-electron chi connectivity index (χ0n) is 14.0.